The van der Waals surface area contributed by atoms with Gasteiger partial charge < -0.3 is 29.2 Å². The van der Waals surface area contributed by atoms with Gasteiger partial charge >= 0.3 is 0 Å². The van der Waals surface area contributed by atoms with E-state index in [2.05, 4.69) is 4.98 Å². The van der Waals surface area contributed by atoms with Crippen molar-refractivity contribution in [3.63, 3.8) is 0 Å². The van der Waals surface area contributed by atoms with Gasteiger partial charge in [-0.05, 0) is 48.6 Å². The number of carbonyl (C=O) groups is 4. The summed E-state index contributed by atoms with van der Waals surface area (Å²) in [6.45, 7) is 4.07. The molecule has 3 heterocycles. The third-order valence-electron chi connectivity index (χ3n) is 8.18. The number of likely N-dealkylation sites (tertiary alicyclic amines) is 1. The van der Waals surface area contributed by atoms with Gasteiger partial charge in [-0.15, -0.1) is 0 Å². The van der Waals surface area contributed by atoms with E-state index >= 15 is 0 Å². The number of hydrogen-bond donors (Lipinski definition) is 1. The summed E-state index contributed by atoms with van der Waals surface area (Å²) >= 11 is 0. The van der Waals surface area contributed by atoms with Crippen LogP contribution in [0.5, 0.6) is 5.75 Å². The number of anilines is 1. The van der Waals surface area contributed by atoms with Gasteiger partial charge in [0.15, 0.2) is 0 Å². The lowest BCUT2D eigenvalue weighted by molar-refractivity contribution is -0.139. The second kappa shape index (κ2) is 9.87. The Bertz CT molecular complexity index is 1460. The summed E-state index contributed by atoms with van der Waals surface area (Å²) in [7, 11) is 4.91. The molecule has 3 amide bonds. The number of aldehydes is 1. The van der Waals surface area contributed by atoms with Crippen molar-refractivity contribution >= 4 is 40.6 Å². The van der Waals surface area contributed by atoms with Crippen LogP contribution >= 0.6 is 0 Å². The fourth-order valence-corrected chi connectivity index (χ4v) is 6.18. The van der Waals surface area contributed by atoms with Crippen LogP contribution in [0, 0.1) is 5.92 Å². The van der Waals surface area contributed by atoms with Crippen LogP contribution in [-0.4, -0.2) is 78.6 Å². The lowest BCUT2D eigenvalue weighted by atomic mass is 9.79. The van der Waals surface area contributed by atoms with Gasteiger partial charge in [0.1, 0.15) is 23.8 Å². The average Bonchev–Trinajstić information content (AvgIpc) is 3.61. The van der Waals surface area contributed by atoms with E-state index in [0.717, 1.165) is 28.4 Å². The zero-order valence-corrected chi connectivity index (χ0v) is 22.9. The Balaban J connectivity index is 1.47. The van der Waals surface area contributed by atoms with Crippen LogP contribution in [0.25, 0.3) is 10.9 Å². The minimum atomic E-state index is -0.981. The summed E-state index contributed by atoms with van der Waals surface area (Å²) in [5.74, 6) is -0.0539. The van der Waals surface area contributed by atoms with Crippen molar-refractivity contribution in [1.82, 2.24) is 14.8 Å². The zero-order valence-electron chi connectivity index (χ0n) is 22.9. The summed E-state index contributed by atoms with van der Waals surface area (Å²) in [5, 5.41) is 0.772. The molecule has 1 fully saturated rings. The molecule has 0 saturated carbocycles. The molecule has 5 rings (SSSR count). The van der Waals surface area contributed by atoms with Gasteiger partial charge in [-0.25, -0.2) is 0 Å². The molecule has 9 nitrogen and oxygen atoms in total. The van der Waals surface area contributed by atoms with Crippen molar-refractivity contribution in [3.8, 4) is 5.75 Å². The maximum absolute atomic E-state index is 14.2. The first-order valence-electron chi connectivity index (χ1n) is 13.2. The number of nitrogens with one attached hydrogen (secondary N) is 1. The van der Waals surface area contributed by atoms with Crippen molar-refractivity contribution in [2.45, 2.75) is 44.2 Å². The summed E-state index contributed by atoms with van der Waals surface area (Å²) in [6.07, 6.45) is 1.37. The van der Waals surface area contributed by atoms with Gasteiger partial charge in [0.2, 0.25) is 11.8 Å². The van der Waals surface area contributed by atoms with E-state index in [1.54, 1.807) is 32.2 Å². The van der Waals surface area contributed by atoms with Crippen molar-refractivity contribution in [2.75, 3.05) is 32.6 Å². The van der Waals surface area contributed by atoms with E-state index in [0.29, 0.717) is 17.9 Å². The largest absolute Gasteiger partial charge is 0.496 e. The number of likely N-dealkylation sites (N-methyl/N-ethyl adjacent to an activating group) is 2. The number of benzene rings is 2. The highest BCUT2D eigenvalue weighted by atomic mass is 16.5. The lowest BCUT2D eigenvalue weighted by Gasteiger charge is -2.33. The summed E-state index contributed by atoms with van der Waals surface area (Å²) in [6, 6.07) is 13.2. The van der Waals surface area contributed by atoms with Gasteiger partial charge in [-0.3, -0.25) is 14.4 Å². The van der Waals surface area contributed by atoms with Crippen LogP contribution in [-0.2, 0) is 19.8 Å². The van der Waals surface area contributed by atoms with E-state index < -0.39 is 17.5 Å². The lowest BCUT2D eigenvalue weighted by Crippen LogP contribution is -2.52. The first-order valence-corrected chi connectivity index (χ1v) is 13.2. The Morgan fingerprint density at radius 2 is 1.95 bits per heavy atom. The maximum atomic E-state index is 14.2. The van der Waals surface area contributed by atoms with Crippen molar-refractivity contribution in [2.24, 2.45) is 5.92 Å². The molecule has 3 atom stereocenters. The molecule has 1 aromatic heterocycles. The molecule has 1 saturated heterocycles. The van der Waals surface area contributed by atoms with Gasteiger partial charge in [-0.1, -0.05) is 38.1 Å². The molecule has 1 spiro atoms. The zero-order chi connectivity index (χ0) is 28.1. The number of rotatable bonds is 7. The molecule has 2 aromatic carbocycles. The second-order valence-corrected chi connectivity index (χ2v) is 11.0. The van der Waals surface area contributed by atoms with E-state index in [-0.39, 0.29) is 36.6 Å². The Kier molecular flexibility index (Phi) is 6.70. The molecule has 0 bridgehead atoms. The normalized spacial score (nSPS) is 21.1. The standard InChI is InChI=1S/C30H34N4O5/c1-18(2)13-25(32(3)27(36)23-14-20-22(31-23)10-8-12-26(20)39-5)28(37)34-17-30(15-19(34)16-35)21-9-6-7-11-24(21)33(4)29(30)38/h6-12,14,16,18-19,25,31H,13,15,17H2,1-5H3/t19?,25-,30-/m0/s1. The van der Waals surface area contributed by atoms with E-state index in [9.17, 15) is 19.2 Å². The fraction of sp³-hybridized carbons (Fsp3) is 0.400. The van der Waals surface area contributed by atoms with Crippen molar-refractivity contribution in [3.05, 3.63) is 59.8 Å². The minimum Gasteiger partial charge on any atom is -0.496 e. The topological polar surface area (TPSA) is 103 Å². The summed E-state index contributed by atoms with van der Waals surface area (Å²) in [4.78, 5) is 61.3. The van der Waals surface area contributed by atoms with E-state index in [4.69, 9.17) is 4.74 Å². The highest BCUT2D eigenvalue weighted by molar-refractivity contribution is 6.09. The number of aromatic amines is 1. The number of fused-ring (bicyclic) bond motifs is 3. The summed E-state index contributed by atoms with van der Waals surface area (Å²) < 4.78 is 5.43. The van der Waals surface area contributed by atoms with Crippen LogP contribution < -0.4 is 9.64 Å². The number of ether oxygens (including phenoxy) is 1. The molecular formula is C30H34N4O5. The molecular weight excluding hydrogens is 496 g/mol. The third-order valence-corrected chi connectivity index (χ3v) is 8.18. The van der Waals surface area contributed by atoms with Gasteiger partial charge in [0.25, 0.3) is 5.91 Å². The third kappa shape index (κ3) is 4.16. The molecule has 0 radical (unpaired) electrons. The Labute approximate surface area is 227 Å². The fourth-order valence-electron chi connectivity index (χ4n) is 6.18. The number of amides is 3. The smallest absolute Gasteiger partial charge is 0.270 e. The quantitative estimate of drug-likeness (QED) is 0.472. The predicted molar refractivity (Wildman–Crippen MR) is 148 cm³/mol. The van der Waals surface area contributed by atoms with Crippen LogP contribution in [0.3, 0.4) is 0 Å². The molecule has 204 valence electrons. The summed E-state index contributed by atoms with van der Waals surface area (Å²) in [5.41, 5.74) is 1.73. The van der Waals surface area contributed by atoms with E-state index in [1.165, 1.54) is 9.80 Å². The first-order chi connectivity index (χ1) is 18.6. The molecule has 2 aliphatic rings. The molecule has 1 unspecified atom stereocenters. The number of H-pyrrole nitrogens is 1. The Morgan fingerprint density at radius 3 is 2.64 bits per heavy atom. The van der Waals surface area contributed by atoms with Gasteiger partial charge in [0, 0.05) is 37.2 Å². The second-order valence-electron chi connectivity index (χ2n) is 11.0. The Hall–Kier alpha value is -4.14. The van der Waals surface area contributed by atoms with Crippen LogP contribution in [0.4, 0.5) is 5.69 Å². The van der Waals surface area contributed by atoms with E-state index in [1.807, 2.05) is 56.3 Å². The Morgan fingerprint density at radius 1 is 1.21 bits per heavy atom. The molecule has 39 heavy (non-hydrogen) atoms. The maximum Gasteiger partial charge on any atom is 0.270 e. The SMILES string of the molecule is COc1cccc2[nH]c(C(=O)N(C)[C@@H](CC(C)C)C(=O)N3C[C@]4(CC3C=O)C(=O)N(C)c3ccccc34)cc12. The highest BCUT2D eigenvalue weighted by Crippen LogP contribution is 2.48. The number of methoxy groups -OCH3 is 1. The van der Waals surface area contributed by atoms with Crippen molar-refractivity contribution in [1.29, 1.82) is 0 Å². The average molecular weight is 531 g/mol. The molecule has 2 aliphatic heterocycles. The molecule has 0 aliphatic carbocycles. The molecule has 1 N–H and O–H groups in total. The van der Waals surface area contributed by atoms with Crippen LogP contribution in [0.2, 0.25) is 0 Å². The minimum absolute atomic E-state index is 0.0929. The van der Waals surface area contributed by atoms with Gasteiger partial charge in [0.05, 0.1) is 18.6 Å². The van der Waals surface area contributed by atoms with Gasteiger partial charge in [-0.2, -0.15) is 0 Å². The predicted octanol–water partition coefficient (Wildman–Crippen LogP) is 3.38. The number of aromatic nitrogens is 1. The first kappa shape index (κ1) is 26.5. The number of nitrogens with zero attached hydrogens (tertiary/aromatic N) is 3. The number of para-hydroxylation sites is 1. The van der Waals surface area contributed by atoms with Crippen LogP contribution in [0.1, 0.15) is 42.7 Å². The van der Waals surface area contributed by atoms with Crippen molar-refractivity contribution < 1.29 is 23.9 Å². The monoisotopic (exact) mass is 530 g/mol. The van der Waals surface area contributed by atoms with Crippen LogP contribution in [0.15, 0.2) is 48.5 Å². The molecule has 3 aromatic rings. The number of hydrogen-bond acceptors (Lipinski definition) is 5. The number of carbonyl (C=O) groups excluding carboxylic acids is 4. The molecule has 9 heteroatoms. The highest BCUT2D eigenvalue weighted by Gasteiger charge is 2.58.